The number of rotatable bonds is 8. The van der Waals surface area contributed by atoms with Gasteiger partial charge in [-0.3, -0.25) is 9.59 Å². The molecule has 0 saturated carbocycles. The molecule has 1 aromatic heterocycles. The predicted molar refractivity (Wildman–Crippen MR) is 105 cm³/mol. The fourth-order valence-corrected chi connectivity index (χ4v) is 2.97. The predicted octanol–water partition coefficient (Wildman–Crippen LogP) is 2.74. The normalized spacial score (nSPS) is 10.5. The summed E-state index contributed by atoms with van der Waals surface area (Å²) in [5.74, 6) is 0.640. The number of ketones is 1. The summed E-state index contributed by atoms with van der Waals surface area (Å²) in [5.41, 5.74) is 2.04. The molecule has 2 N–H and O–H groups in total. The summed E-state index contributed by atoms with van der Waals surface area (Å²) in [4.78, 5) is 27.8. The molecule has 3 aromatic rings. The summed E-state index contributed by atoms with van der Waals surface area (Å²) in [7, 11) is 4.69. The topological polar surface area (TPSA) is 89.7 Å². The Labute approximate surface area is 162 Å². The van der Waals surface area contributed by atoms with Gasteiger partial charge in [0.25, 0.3) is 11.7 Å². The number of benzene rings is 2. The fourth-order valence-electron chi connectivity index (χ4n) is 2.97. The van der Waals surface area contributed by atoms with Crippen LogP contribution in [0.25, 0.3) is 10.9 Å². The molecular weight excluding hydrogens is 360 g/mol. The Morgan fingerprint density at radius 1 is 0.964 bits per heavy atom. The van der Waals surface area contributed by atoms with Crippen molar-refractivity contribution in [1.82, 2.24) is 10.3 Å². The first-order valence-corrected chi connectivity index (χ1v) is 8.76. The third-order valence-electron chi connectivity index (χ3n) is 4.49. The Morgan fingerprint density at radius 3 is 2.46 bits per heavy atom. The number of hydrogen-bond acceptors (Lipinski definition) is 5. The van der Waals surface area contributed by atoms with Gasteiger partial charge in [0.15, 0.2) is 11.5 Å². The van der Waals surface area contributed by atoms with Crippen molar-refractivity contribution in [3.63, 3.8) is 0 Å². The minimum Gasteiger partial charge on any atom is -0.497 e. The third-order valence-corrected chi connectivity index (χ3v) is 4.49. The molecule has 3 rings (SSSR count). The van der Waals surface area contributed by atoms with E-state index in [2.05, 4.69) is 10.3 Å². The average Bonchev–Trinajstić information content (AvgIpc) is 3.15. The lowest BCUT2D eigenvalue weighted by Gasteiger charge is -2.10. The standard InChI is InChI=1S/C21H22N2O5/c1-26-14-5-6-17-15(11-14)16(12-23-17)20(24)21(25)22-9-8-13-4-7-18(27-2)19(10-13)28-3/h4-7,10-12,23H,8-9H2,1-3H3,(H,22,25). The number of methoxy groups -OCH3 is 3. The molecular formula is C21H22N2O5. The number of amides is 1. The first-order valence-electron chi connectivity index (χ1n) is 8.76. The lowest BCUT2D eigenvalue weighted by atomic mass is 10.1. The van der Waals surface area contributed by atoms with E-state index in [4.69, 9.17) is 14.2 Å². The number of aromatic nitrogens is 1. The van der Waals surface area contributed by atoms with E-state index in [0.717, 1.165) is 11.1 Å². The van der Waals surface area contributed by atoms with Gasteiger partial charge in [0.05, 0.1) is 26.9 Å². The van der Waals surface area contributed by atoms with Crippen molar-refractivity contribution in [3.8, 4) is 17.2 Å². The van der Waals surface area contributed by atoms with Crippen LogP contribution >= 0.6 is 0 Å². The summed E-state index contributed by atoms with van der Waals surface area (Å²) in [6, 6.07) is 10.9. The molecule has 1 amide bonds. The molecule has 0 unspecified atom stereocenters. The van der Waals surface area contributed by atoms with Crippen LogP contribution in [0.1, 0.15) is 15.9 Å². The highest BCUT2D eigenvalue weighted by Gasteiger charge is 2.20. The van der Waals surface area contributed by atoms with Crippen molar-refractivity contribution < 1.29 is 23.8 Å². The zero-order valence-electron chi connectivity index (χ0n) is 16.0. The van der Waals surface area contributed by atoms with Crippen LogP contribution in [0.4, 0.5) is 0 Å². The van der Waals surface area contributed by atoms with Crippen molar-refractivity contribution in [2.75, 3.05) is 27.9 Å². The second kappa shape index (κ2) is 8.47. The third kappa shape index (κ3) is 3.93. The zero-order valence-corrected chi connectivity index (χ0v) is 16.0. The zero-order chi connectivity index (χ0) is 20.1. The van der Waals surface area contributed by atoms with Gasteiger partial charge in [0, 0.05) is 23.6 Å². The van der Waals surface area contributed by atoms with E-state index in [1.165, 1.54) is 0 Å². The van der Waals surface area contributed by atoms with Crippen LogP contribution in [0.2, 0.25) is 0 Å². The number of carbonyl (C=O) groups is 2. The van der Waals surface area contributed by atoms with Crippen LogP contribution in [0.3, 0.4) is 0 Å². The summed E-state index contributed by atoms with van der Waals surface area (Å²) in [6.07, 6.45) is 2.10. The Hall–Kier alpha value is -3.48. The maximum atomic E-state index is 12.5. The molecule has 0 atom stereocenters. The number of carbonyl (C=O) groups excluding carboxylic acids is 2. The van der Waals surface area contributed by atoms with E-state index in [0.29, 0.717) is 41.2 Å². The minimum absolute atomic E-state index is 0.317. The van der Waals surface area contributed by atoms with E-state index in [1.807, 2.05) is 12.1 Å². The number of aromatic amines is 1. The lowest BCUT2D eigenvalue weighted by molar-refractivity contribution is -0.116. The molecule has 7 nitrogen and oxygen atoms in total. The highest BCUT2D eigenvalue weighted by molar-refractivity contribution is 6.45. The lowest BCUT2D eigenvalue weighted by Crippen LogP contribution is -2.32. The van der Waals surface area contributed by atoms with Gasteiger partial charge in [-0.2, -0.15) is 0 Å². The van der Waals surface area contributed by atoms with E-state index >= 15 is 0 Å². The highest BCUT2D eigenvalue weighted by Crippen LogP contribution is 2.27. The van der Waals surface area contributed by atoms with E-state index < -0.39 is 11.7 Å². The quantitative estimate of drug-likeness (QED) is 0.462. The van der Waals surface area contributed by atoms with Gasteiger partial charge in [-0.25, -0.2) is 0 Å². The molecule has 0 aliphatic heterocycles. The van der Waals surface area contributed by atoms with Crippen molar-refractivity contribution >= 4 is 22.6 Å². The molecule has 28 heavy (non-hydrogen) atoms. The Morgan fingerprint density at radius 2 is 1.75 bits per heavy atom. The summed E-state index contributed by atoms with van der Waals surface area (Å²) >= 11 is 0. The molecule has 0 saturated heterocycles. The number of hydrogen-bond donors (Lipinski definition) is 2. The van der Waals surface area contributed by atoms with Crippen LogP contribution in [0.15, 0.2) is 42.6 Å². The van der Waals surface area contributed by atoms with Gasteiger partial charge < -0.3 is 24.5 Å². The molecule has 0 aliphatic carbocycles. The second-order valence-electron chi connectivity index (χ2n) is 6.14. The summed E-state index contributed by atoms with van der Waals surface area (Å²) in [5, 5.41) is 3.33. The molecule has 1 heterocycles. The van der Waals surface area contributed by atoms with Gasteiger partial charge >= 0.3 is 0 Å². The molecule has 146 valence electrons. The number of Topliss-reactive ketones (excluding diaryl/α,β-unsaturated/α-hetero) is 1. The first kappa shape index (κ1) is 19.3. The van der Waals surface area contributed by atoms with Crippen molar-refractivity contribution in [2.24, 2.45) is 0 Å². The van der Waals surface area contributed by atoms with E-state index in [1.54, 1.807) is 51.8 Å². The maximum Gasteiger partial charge on any atom is 0.292 e. The maximum absolute atomic E-state index is 12.5. The van der Waals surface area contributed by atoms with Crippen LogP contribution in [-0.2, 0) is 11.2 Å². The second-order valence-corrected chi connectivity index (χ2v) is 6.14. The number of fused-ring (bicyclic) bond motifs is 1. The van der Waals surface area contributed by atoms with Crippen molar-refractivity contribution in [3.05, 3.63) is 53.7 Å². The van der Waals surface area contributed by atoms with Crippen LogP contribution in [0.5, 0.6) is 17.2 Å². The smallest absolute Gasteiger partial charge is 0.292 e. The van der Waals surface area contributed by atoms with Gasteiger partial charge in [0.1, 0.15) is 5.75 Å². The van der Waals surface area contributed by atoms with Crippen LogP contribution in [-0.4, -0.2) is 44.5 Å². The van der Waals surface area contributed by atoms with E-state index in [9.17, 15) is 9.59 Å². The monoisotopic (exact) mass is 382 g/mol. The average molecular weight is 382 g/mol. The number of nitrogens with one attached hydrogen (secondary N) is 2. The SMILES string of the molecule is COc1ccc2[nH]cc(C(=O)C(=O)NCCc3ccc(OC)c(OC)c3)c2c1. The van der Waals surface area contributed by atoms with Crippen molar-refractivity contribution in [2.45, 2.75) is 6.42 Å². The molecule has 0 aliphatic rings. The molecule has 0 fully saturated rings. The van der Waals surface area contributed by atoms with E-state index in [-0.39, 0.29) is 0 Å². The van der Waals surface area contributed by atoms with Crippen LogP contribution in [0, 0.1) is 0 Å². The fraction of sp³-hybridized carbons (Fsp3) is 0.238. The molecule has 0 spiro atoms. The van der Waals surface area contributed by atoms with Gasteiger partial charge in [-0.15, -0.1) is 0 Å². The Bertz CT molecular complexity index is 1010. The van der Waals surface area contributed by atoms with Crippen molar-refractivity contribution in [1.29, 1.82) is 0 Å². The molecule has 2 aromatic carbocycles. The molecule has 7 heteroatoms. The molecule has 0 bridgehead atoms. The number of H-pyrrole nitrogens is 1. The van der Waals surface area contributed by atoms with Gasteiger partial charge in [-0.1, -0.05) is 6.07 Å². The number of ether oxygens (including phenoxy) is 3. The molecule has 0 radical (unpaired) electrons. The Balaban J connectivity index is 1.64. The highest BCUT2D eigenvalue weighted by atomic mass is 16.5. The van der Waals surface area contributed by atoms with Crippen LogP contribution < -0.4 is 19.5 Å². The largest absolute Gasteiger partial charge is 0.497 e. The van der Waals surface area contributed by atoms with Gasteiger partial charge in [0.2, 0.25) is 0 Å². The first-order chi connectivity index (χ1) is 13.6. The summed E-state index contributed by atoms with van der Waals surface area (Å²) < 4.78 is 15.7. The summed E-state index contributed by atoms with van der Waals surface area (Å²) in [6.45, 7) is 0.325. The minimum atomic E-state index is -0.649. The van der Waals surface area contributed by atoms with Gasteiger partial charge in [-0.05, 0) is 42.3 Å². The Kier molecular flexibility index (Phi) is 5.84.